The molecule has 128 valence electrons. The topological polar surface area (TPSA) is 113 Å². The van der Waals surface area contributed by atoms with Crippen molar-refractivity contribution in [2.45, 2.75) is 17.5 Å². The van der Waals surface area contributed by atoms with Crippen LogP contribution in [0.3, 0.4) is 0 Å². The molecule has 4 N–H and O–H groups in total. The van der Waals surface area contributed by atoms with E-state index in [1.165, 1.54) is 11.8 Å². The number of hydrogen-bond donors (Lipinski definition) is 3. The van der Waals surface area contributed by atoms with Crippen LogP contribution in [0.2, 0.25) is 0 Å². The molecule has 1 unspecified atom stereocenters. The van der Waals surface area contributed by atoms with E-state index in [4.69, 9.17) is 17.3 Å². The molecule has 0 aromatic heterocycles. The molecule has 2 heterocycles. The Morgan fingerprint density at radius 2 is 2.00 bits per heavy atom. The third-order valence-electron chi connectivity index (χ3n) is 3.86. The van der Waals surface area contributed by atoms with E-state index >= 15 is 0 Å². The van der Waals surface area contributed by atoms with Gasteiger partial charge in [0.05, 0.1) is 5.03 Å². The zero-order valence-electron chi connectivity index (χ0n) is 12.3. The van der Waals surface area contributed by atoms with E-state index in [0.717, 1.165) is 4.90 Å². The Kier molecular flexibility index (Phi) is 7.14. The number of amides is 2. The summed E-state index contributed by atoms with van der Waals surface area (Å²) in [5.74, 6) is -1.98. The number of carbonyl (C=O) groups excluding carboxylic acids is 2. The van der Waals surface area contributed by atoms with Crippen molar-refractivity contribution in [2.75, 3.05) is 5.75 Å². The van der Waals surface area contributed by atoms with Crippen LogP contribution >= 0.6 is 23.4 Å². The Morgan fingerprint density at radius 3 is 2.60 bits per heavy atom. The van der Waals surface area contributed by atoms with Crippen molar-refractivity contribution in [1.29, 1.82) is 0 Å². The molecule has 25 heavy (non-hydrogen) atoms. The number of carboxylic acid groups (broad SMARTS) is 1. The van der Waals surface area contributed by atoms with Gasteiger partial charge in [-0.1, -0.05) is 41.9 Å². The normalized spacial score (nSPS) is 23.1. The maximum absolute atomic E-state index is 12.3. The average Bonchev–Trinajstić information content (AvgIpc) is 2.59. The van der Waals surface area contributed by atoms with Gasteiger partial charge in [0.15, 0.2) is 0 Å². The second kappa shape index (κ2) is 8.53. The molecule has 2 aliphatic rings. The molecule has 3 rings (SSSR count). The van der Waals surface area contributed by atoms with E-state index in [9.17, 15) is 19.5 Å². The summed E-state index contributed by atoms with van der Waals surface area (Å²) >= 11 is 7.20. The van der Waals surface area contributed by atoms with Crippen LogP contribution in [0.5, 0.6) is 0 Å². The molecule has 2 aliphatic heterocycles. The number of carboxylic acids is 1. The standard InChI is InChI=1S/C15H14ClN3O4S.K.H/c16-8-6-24-14-10(13(21)19(14)11(8)15(22)23)18-12(20)9(17)7-4-2-1-3-5-7;;/h1-5,9-10,14H,6,17H2,(H,18,20)(H,22,23);;/t9?,10-,14-;;/m1../s1. The van der Waals surface area contributed by atoms with Crippen molar-refractivity contribution in [3.8, 4) is 0 Å². The monoisotopic (exact) mass is 407 g/mol. The Labute approximate surface area is 195 Å². The summed E-state index contributed by atoms with van der Waals surface area (Å²) in [4.78, 5) is 36.9. The molecule has 10 heteroatoms. The molecule has 1 fully saturated rings. The molecule has 1 aromatic carbocycles. The summed E-state index contributed by atoms with van der Waals surface area (Å²) in [6.07, 6.45) is 0. The van der Waals surface area contributed by atoms with Gasteiger partial charge in [0, 0.05) is 5.75 Å². The first-order valence-corrected chi connectivity index (χ1v) is 8.52. The fourth-order valence-electron chi connectivity index (χ4n) is 2.64. The molecular weight excluding hydrogens is 393 g/mol. The van der Waals surface area contributed by atoms with Gasteiger partial charge >= 0.3 is 57.4 Å². The van der Waals surface area contributed by atoms with Crippen LogP contribution in [-0.2, 0) is 14.4 Å². The first-order chi connectivity index (χ1) is 11.4. The number of hydrogen-bond acceptors (Lipinski definition) is 5. The minimum atomic E-state index is -1.26. The molecule has 3 atom stereocenters. The van der Waals surface area contributed by atoms with E-state index in [0.29, 0.717) is 5.56 Å². The fourth-order valence-corrected chi connectivity index (χ4v) is 4.19. The number of carbonyl (C=O) groups is 3. The summed E-state index contributed by atoms with van der Waals surface area (Å²) in [5, 5.41) is 11.4. The number of fused-ring (bicyclic) bond motifs is 1. The average molecular weight is 408 g/mol. The van der Waals surface area contributed by atoms with E-state index in [1.807, 2.05) is 6.07 Å². The fraction of sp³-hybridized carbons (Fsp3) is 0.267. The number of nitrogens with two attached hydrogens (primary N) is 1. The molecule has 1 saturated heterocycles. The third kappa shape index (κ3) is 3.98. The van der Waals surface area contributed by atoms with Gasteiger partial charge in [0.2, 0.25) is 5.91 Å². The van der Waals surface area contributed by atoms with Gasteiger partial charge < -0.3 is 16.2 Å². The van der Waals surface area contributed by atoms with Crippen molar-refractivity contribution in [1.82, 2.24) is 10.2 Å². The molecule has 0 bridgehead atoms. The number of β-lactam (4-membered cyclic amide) rings is 1. The minimum absolute atomic E-state index is 0. The van der Waals surface area contributed by atoms with Crippen molar-refractivity contribution < 1.29 is 19.5 Å². The van der Waals surface area contributed by atoms with Crippen LogP contribution in [0, 0.1) is 0 Å². The van der Waals surface area contributed by atoms with Crippen LogP contribution in [-0.4, -0.2) is 96.3 Å². The van der Waals surface area contributed by atoms with E-state index in [-0.39, 0.29) is 67.9 Å². The van der Waals surface area contributed by atoms with E-state index in [2.05, 4.69) is 5.32 Å². The summed E-state index contributed by atoms with van der Waals surface area (Å²) in [5.41, 5.74) is 6.32. The van der Waals surface area contributed by atoms with Crippen LogP contribution < -0.4 is 11.1 Å². The SMILES string of the molecule is NC(C(=O)N[C@@H]1C(=O)N2C(C(=O)O)=C(Cl)CS[C@H]12)c1ccccc1.[KH]. The Morgan fingerprint density at radius 1 is 1.36 bits per heavy atom. The van der Waals surface area contributed by atoms with Crippen LogP contribution in [0.15, 0.2) is 41.1 Å². The molecule has 7 nitrogen and oxygen atoms in total. The number of nitrogens with zero attached hydrogens (tertiary/aromatic N) is 1. The van der Waals surface area contributed by atoms with Gasteiger partial charge in [0.1, 0.15) is 23.2 Å². The number of aliphatic carboxylic acids is 1. The predicted molar refractivity (Wildman–Crippen MR) is 96.1 cm³/mol. The second-order valence-corrected chi connectivity index (χ2v) is 6.90. The van der Waals surface area contributed by atoms with Crippen molar-refractivity contribution in [2.24, 2.45) is 5.73 Å². The zero-order chi connectivity index (χ0) is 17.4. The van der Waals surface area contributed by atoms with Crippen LogP contribution in [0.1, 0.15) is 11.6 Å². The van der Waals surface area contributed by atoms with Crippen molar-refractivity contribution in [3.63, 3.8) is 0 Å². The molecule has 0 radical (unpaired) electrons. The quantitative estimate of drug-likeness (QED) is 0.477. The maximum atomic E-state index is 12.3. The van der Waals surface area contributed by atoms with Crippen LogP contribution in [0.25, 0.3) is 0 Å². The van der Waals surface area contributed by atoms with Gasteiger partial charge in [-0.2, -0.15) is 0 Å². The Hall–Kier alpha value is -0.394. The number of halogens is 1. The van der Waals surface area contributed by atoms with E-state index in [1.54, 1.807) is 24.3 Å². The molecule has 0 saturated carbocycles. The van der Waals surface area contributed by atoms with Gasteiger partial charge in [-0.05, 0) is 5.56 Å². The summed E-state index contributed by atoms with van der Waals surface area (Å²) in [6.45, 7) is 0. The summed E-state index contributed by atoms with van der Waals surface area (Å²) < 4.78 is 0. The molecule has 0 aliphatic carbocycles. The number of thioether (sulfide) groups is 1. The third-order valence-corrected chi connectivity index (χ3v) is 5.61. The van der Waals surface area contributed by atoms with Gasteiger partial charge in [-0.15, -0.1) is 11.8 Å². The molecule has 1 aromatic rings. The second-order valence-electron chi connectivity index (χ2n) is 5.34. The summed E-state index contributed by atoms with van der Waals surface area (Å²) in [6, 6.07) is 7.07. The zero-order valence-corrected chi connectivity index (χ0v) is 13.9. The van der Waals surface area contributed by atoms with Gasteiger partial charge in [-0.25, -0.2) is 4.79 Å². The molecular formula is C15H15ClKN3O4S. The molecule has 2 amide bonds. The van der Waals surface area contributed by atoms with Crippen molar-refractivity contribution >= 4 is 92.5 Å². The number of rotatable bonds is 4. The first kappa shape index (κ1) is 20.9. The molecule has 0 spiro atoms. The van der Waals surface area contributed by atoms with Gasteiger partial charge in [-0.3, -0.25) is 14.5 Å². The number of nitrogens with one attached hydrogen (secondary N) is 1. The number of benzene rings is 1. The van der Waals surface area contributed by atoms with E-state index < -0.39 is 35.2 Å². The van der Waals surface area contributed by atoms with Crippen molar-refractivity contribution in [3.05, 3.63) is 46.6 Å². The Balaban J connectivity index is 0.00000225. The predicted octanol–water partition coefficient (Wildman–Crippen LogP) is -0.0272. The summed E-state index contributed by atoms with van der Waals surface area (Å²) in [7, 11) is 0. The van der Waals surface area contributed by atoms with Crippen LogP contribution in [0.4, 0.5) is 0 Å². The Bertz CT molecular complexity index is 746. The van der Waals surface area contributed by atoms with Gasteiger partial charge in [0.25, 0.3) is 5.91 Å². The first-order valence-electron chi connectivity index (χ1n) is 7.09.